The summed E-state index contributed by atoms with van der Waals surface area (Å²) in [6.45, 7) is 3.51. The largest absolute Gasteiger partial charge is 0.462 e. The lowest BCUT2D eigenvalue weighted by Gasteiger charge is -1.96. The number of aliphatic hydroxyl groups excluding tert-OH is 1. The zero-order valence-electron chi connectivity index (χ0n) is 5.58. The molecule has 0 saturated heterocycles. The maximum absolute atomic E-state index is 10.3. The van der Waals surface area contributed by atoms with Crippen molar-refractivity contribution in [2.45, 2.75) is 6.42 Å². The maximum Gasteiger partial charge on any atom is 0.330 e. The molecule has 0 aromatic carbocycles. The lowest BCUT2D eigenvalue weighted by molar-refractivity contribution is -0.137. The normalized spacial score (nSPS) is 7.70. The number of esters is 1. The molecule has 10 heavy (non-hydrogen) atoms. The zero-order chi connectivity index (χ0) is 7.11. The predicted molar refractivity (Wildman–Crippen MR) is 40.1 cm³/mol. The number of hydrogen-bond acceptors (Lipinski definition) is 3. The Balaban J connectivity index is 0. The molecule has 0 bridgehead atoms. The van der Waals surface area contributed by atoms with Crippen LogP contribution in [0.2, 0.25) is 0 Å². The van der Waals surface area contributed by atoms with Crippen LogP contribution in [0.25, 0.3) is 0 Å². The second-order valence-corrected chi connectivity index (χ2v) is 1.45. The summed E-state index contributed by atoms with van der Waals surface area (Å²) >= 11 is 0. The topological polar surface area (TPSA) is 46.5 Å². The molecule has 60 valence electrons. The van der Waals surface area contributed by atoms with E-state index in [1.165, 1.54) is 0 Å². The van der Waals surface area contributed by atoms with Crippen LogP contribution in [0.1, 0.15) is 6.42 Å². The highest BCUT2D eigenvalue weighted by atomic mass is 35.5. The van der Waals surface area contributed by atoms with Crippen LogP contribution in [0.4, 0.5) is 0 Å². The van der Waals surface area contributed by atoms with E-state index in [-0.39, 0.29) is 25.6 Å². The van der Waals surface area contributed by atoms with Crippen molar-refractivity contribution in [1.29, 1.82) is 0 Å². The standard InChI is InChI=1S/C6H10O3.ClH/c1-2-6(8)9-5-3-4-7;/h2,7H,1,3-5H2;1H. The van der Waals surface area contributed by atoms with Crippen molar-refractivity contribution < 1.29 is 14.6 Å². The SMILES string of the molecule is C=CC(=O)OCCCO.Cl. The second-order valence-electron chi connectivity index (χ2n) is 1.45. The first-order chi connectivity index (χ1) is 4.31. The first-order valence-electron chi connectivity index (χ1n) is 2.71. The van der Waals surface area contributed by atoms with Crippen molar-refractivity contribution in [3.63, 3.8) is 0 Å². The minimum Gasteiger partial charge on any atom is -0.462 e. The quantitative estimate of drug-likeness (QED) is 0.376. The van der Waals surface area contributed by atoms with E-state index in [1.54, 1.807) is 0 Å². The molecular weight excluding hydrogens is 156 g/mol. The third-order valence-electron chi connectivity index (χ3n) is 0.713. The van der Waals surface area contributed by atoms with Crippen molar-refractivity contribution in [2.24, 2.45) is 0 Å². The van der Waals surface area contributed by atoms with E-state index >= 15 is 0 Å². The summed E-state index contributed by atoms with van der Waals surface area (Å²) < 4.78 is 4.51. The van der Waals surface area contributed by atoms with Crippen LogP contribution in [0.3, 0.4) is 0 Å². The van der Waals surface area contributed by atoms with Crippen molar-refractivity contribution >= 4 is 18.4 Å². The van der Waals surface area contributed by atoms with E-state index in [2.05, 4.69) is 11.3 Å². The van der Waals surface area contributed by atoms with E-state index in [0.29, 0.717) is 6.42 Å². The van der Waals surface area contributed by atoms with Gasteiger partial charge < -0.3 is 9.84 Å². The Morgan fingerprint density at radius 2 is 2.30 bits per heavy atom. The Morgan fingerprint density at radius 3 is 2.70 bits per heavy atom. The fraction of sp³-hybridized carbons (Fsp3) is 0.500. The molecule has 0 aromatic rings. The van der Waals surface area contributed by atoms with E-state index in [0.717, 1.165) is 6.08 Å². The molecule has 0 spiro atoms. The van der Waals surface area contributed by atoms with Crippen LogP contribution < -0.4 is 0 Å². The summed E-state index contributed by atoms with van der Waals surface area (Å²) in [6, 6.07) is 0. The summed E-state index contributed by atoms with van der Waals surface area (Å²) in [7, 11) is 0. The van der Waals surface area contributed by atoms with Crippen LogP contribution in [-0.2, 0) is 9.53 Å². The lowest BCUT2D eigenvalue weighted by Crippen LogP contribution is -2.02. The van der Waals surface area contributed by atoms with Crippen LogP contribution in [0.15, 0.2) is 12.7 Å². The Kier molecular flexibility index (Phi) is 10.3. The first kappa shape index (κ1) is 12.2. The number of aliphatic hydroxyl groups is 1. The summed E-state index contributed by atoms with van der Waals surface area (Å²) in [4.78, 5) is 10.3. The average Bonchev–Trinajstić information content (AvgIpc) is 1.89. The van der Waals surface area contributed by atoms with Gasteiger partial charge in [-0.05, 0) is 0 Å². The smallest absolute Gasteiger partial charge is 0.330 e. The molecule has 0 radical (unpaired) electrons. The zero-order valence-corrected chi connectivity index (χ0v) is 6.39. The van der Waals surface area contributed by atoms with Gasteiger partial charge in [0.05, 0.1) is 6.61 Å². The number of ether oxygens (including phenoxy) is 1. The van der Waals surface area contributed by atoms with Gasteiger partial charge in [-0.1, -0.05) is 6.58 Å². The van der Waals surface area contributed by atoms with Crippen LogP contribution in [0, 0.1) is 0 Å². The fourth-order valence-corrected chi connectivity index (χ4v) is 0.296. The molecule has 0 fully saturated rings. The van der Waals surface area contributed by atoms with Crippen molar-refractivity contribution in [1.82, 2.24) is 0 Å². The molecule has 0 heterocycles. The van der Waals surface area contributed by atoms with Gasteiger partial charge >= 0.3 is 5.97 Å². The molecule has 0 aromatic heterocycles. The maximum atomic E-state index is 10.3. The third kappa shape index (κ3) is 7.46. The average molecular weight is 167 g/mol. The highest BCUT2D eigenvalue weighted by molar-refractivity contribution is 5.85. The molecule has 3 nitrogen and oxygen atoms in total. The number of hydrogen-bond donors (Lipinski definition) is 1. The van der Waals surface area contributed by atoms with Crippen molar-refractivity contribution in [3.05, 3.63) is 12.7 Å². The minimum atomic E-state index is -0.441. The van der Waals surface area contributed by atoms with Crippen LogP contribution in [0.5, 0.6) is 0 Å². The summed E-state index contributed by atoms with van der Waals surface area (Å²) in [5, 5.41) is 8.23. The van der Waals surface area contributed by atoms with Crippen molar-refractivity contribution in [2.75, 3.05) is 13.2 Å². The molecule has 4 heteroatoms. The van der Waals surface area contributed by atoms with Gasteiger partial charge in [0, 0.05) is 19.1 Å². The second kappa shape index (κ2) is 8.46. The van der Waals surface area contributed by atoms with Gasteiger partial charge in [-0.25, -0.2) is 4.79 Å². The summed E-state index contributed by atoms with van der Waals surface area (Å²) in [5.74, 6) is -0.441. The predicted octanol–water partition coefficient (Wildman–Crippen LogP) is 0.520. The monoisotopic (exact) mass is 166 g/mol. The van der Waals surface area contributed by atoms with Gasteiger partial charge in [0.25, 0.3) is 0 Å². The molecule has 0 aliphatic rings. The van der Waals surface area contributed by atoms with Gasteiger partial charge in [0.15, 0.2) is 0 Å². The van der Waals surface area contributed by atoms with E-state index in [1.807, 2.05) is 0 Å². The van der Waals surface area contributed by atoms with Gasteiger partial charge in [0.1, 0.15) is 0 Å². The molecule has 0 saturated carbocycles. The Hall–Kier alpha value is -0.540. The van der Waals surface area contributed by atoms with E-state index in [9.17, 15) is 4.79 Å². The van der Waals surface area contributed by atoms with Gasteiger partial charge in [-0.3, -0.25) is 0 Å². The lowest BCUT2D eigenvalue weighted by atomic mass is 10.5. The van der Waals surface area contributed by atoms with Gasteiger partial charge in [-0.2, -0.15) is 0 Å². The van der Waals surface area contributed by atoms with E-state index < -0.39 is 5.97 Å². The number of carbonyl (C=O) groups excluding carboxylic acids is 1. The molecule has 1 N–H and O–H groups in total. The highest BCUT2D eigenvalue weighted by Gasteiger charge is 1.91. The highest BCUT2D eigenvalue weighted by Crippen LogP contribution is 1.82. The third-order valence-corrected chi connectivity index (χ3v) is 0.713. The first-order valence-corrected chi connectivity index (χ1v) is 2.71. The van der Waals surface area contributed by atoms with Crippen LogP contribution in [-0.4, -0.2) is 24.3 Å². The number of carbonyl (C=O) groups is 1. The molecular formula is C6H11ClO3. The Bertz CT molecular complexity index is 103. The van der Waals surface area contributed by atoms with Crippen LogP contribution >= 0.6 is 12.4 Å². The van der Waals surface area contributed by atoms with Gasteiger partial charge in [-0.15, -0.1) is 12.4 Å². The van der Waals surface area contributed by atoms with Crippen molar-refractivity contribution in [3.8, 4) is 0 Å². The van der Waals surface area contributed by atoms with Gasteiger partial charge in [0.2, 0.25) is 0 Å². The Labute approximate surface area is 66.1 Å². The van der Waals surface area contributed by atoms with E-state index in [4.69, 9.17) is 5.11 Å². The Morgan fingerprint density at radius 1 is 1.70 bits per heavy atom. The minimum absolute atomic E-state index is 0. The number of halogens is 1. The number of rotatable bonds is 4. The molecule has 0 aliphatic carbocycles. The summed E-state index contributed by atoms with van der Waals surface area (Å²) in [5.41, 5.74) is 0. The summed E-state index contributed by atoms with van der Waals surface area (Å²) in [6.07, 6.45) is 1.58. The molecule has 0 amide bonds. The molecule has 0 aliphatic heterocycles. The molecule has 0 atom stereocenters. The fourth-order valence-electron chi connectivity index (χ4n) is 0.296. The molecule has 0 unspecified atom stereocenters. The molecule has 0 rings (SSSR count).